The van der Waals surface area contributed by atoms with Crippen molar-refractivity contribution in [1.82, 2.24) is 0 Å². The van der Waals surface area contributed by atoms with Gasteiger partial charge < -0.3 is 15.6 Å². The van der Waals surface area contributed by atoms with Crippen molar-refractivity contribution in [3.05, 3.63) is 34.3 Å². The van der Waals surface area contributed by atoms with E-state index in [1.807, 2.05) is 0 Å². The lowest BCUT2D eigenvalue weighted by Crippen LogP contribution is -2.32. The van der Waals surface area contributed by atoms with Gasteiger partial charge in [-0.25, -0.2) is 9.59 Å². The molecule has 0 aliphatic carbocycles. The van der Waals surface area contributed by atoms with Crippen LogP contribution in [0.5, 0.6) is 0 Å². The number of esters is 1. The molecule has 0 radical (unpaired) electrons. The minimum absolute atomic E-state index is 0.0669. The van der Waals surface area contributed by atoms with E-state index >= 15 is 0 Å². The first-order chi connectivity index (χ1) is 8.61. The fourth-order valence-electron chi connectivity index (χ4n) is 1.48. The smallest absolute Gasteiger partial charge is 0.336 e. The molecule has 19 heavy (non-hydrogen) atoms. The number of ether oxygens (including phenoxy) is 1. The van der Waals surface area contributed by atoms with Crippen molar-refractivity contribution in [2.24, 2.45) is 5.73 Å². The average molecular weight is 286 g/mol. The molecule has 0 saturated heterocycles. The van der Waals surface area contributed by atoms with Gasteiger partial charge in [0.05, 0.1) is 5.56 Å². The maximum Gasteiger partial charge on any atom is 0.336 e. The predicted molar refractivity (Wildman–Crippen MR) is 71.2 cm³/mol. The summed E-state index contributed by atoms with van der Waals surface area (Å²) in [6.07, 6.45) is 0. The Labute approximate surface area is 116 Å². The molecule has 1 rings (SSSR count). The first-order valence-electron chi connectivity index (χ1n) is 5.63. The summed E-state index contributed by atoms with van der Waals surface area (Å²) in [5.41, 5.74) is 5.13. The van der Waals surface area contributed by atoms with Crippen molar-refractivity contribution >= 4 is 23.5 Å². The quantitative estimate of drug-likeness (QED) is 0.832. The highest BCUT2D eigenvalue weighted by molar-refractivity contribution is 6.30. The zero-order valence-corrected chi connectivity index (χ0v) is 11.7. The molecule has 6 heteroatoms. The molecule has 0 fully saturated rings. The van der Waals surface area contributed by atoms with Crippen LogP contribution in [0.3, 0.4) is 0 Å². The minimum Gasteiger partial charge on any atom is -0.478 e. The van der Waals surface area contributed by atoms with Gasteiger partial charge in [-0.1, -0.05) is 11.6 Å². The lowest BCUT2D eigenvalue weighted by atomic mass is 10.0. The summed E-state index contributed by atoms with van der Waals surface area (Å²) in [7, 11) is 0. The monoisotopic (exact) mass is 285 g/mol. The second kappa shape index (κ2) is 5.59. The normalized spacial score (nSPS) is 12.9. The molecule has 104 valence electrons. The van der Waals surface area contributed by atoms with Crippen molar-refractivity contribution in [1.29, 1.82) is 0 Å². The van der Waals surface area contributed by atoms with E-state index in [-0.39, 0.29) is 11.1 Å². The molecule has 1 unspecified atom stereocenters. The van der Waals surface area contributed by atoms with Crippen LogP contribution >= 0.6 is 11.6 Å². The third-order valence-electron chi connectivity index (χ3n) is 2.24. The summed E-state index contributed by atoms with van der Waals surface area (Å²) in [4.78, 5) is 23.0. The maximum absolute atomic E-state index is 11.9. The summed E-state index contributed by atoms with van der Waals surface area (Å²) >= 11 is 5.80. The largest absolute Gasteiger partial charge is 0.478 e. The molecule has 5 nitrogen and oxygen atoms in total. The molecule has 3 N–H and O–H groups in total. The van der Waals surface area contributed by atoms with Crippen molar-refractivity contribution < 1.29 is 19.4 Å². The molecule has 0 saturated carbocycles. The number of halogens is 1. The van der Waals surface area contributed by atoms with Crippen LogP contribution in [0.4, 0.5) is 0 Å². The number of rotatable bonds is 3. The fourth-order valence-corrected chi connectivity index (χ4v) is 1.66. The molecule has 1 aromatic carbocycles. The summed E-state index contributed by atoms with van der Waals surface area (Å²) in [6, 6.07) is 2.91. The first kappa shape index (κ1) is 15.5. The Morgan fingerprint density at radius 1 is 1.37 bits per heavy atom. The number of carboxylic acid groups (broad SMARTS) is 1. The number of nitrogens with two attached hydrogens (primary N) is 1. The zero-order valence-electron chi connectivity index (χ0n) is 10.9. The van der Waals surface area contributed by atoms with Gasteiger partial charge in [-0.3, -0.25) is 0 Å². The van der Waals surface area contributed by atoms with Gasteiger partial charge in [-0.15, -0.1) is 0 Å². The number of hydrogen-bond acceptors (Lipinski definition) is 4. The van der Waals surface area contributed by atoms with Crippen molar-refractivity contribution in [2.75, 3.05) is 0 Å². The molecular formula is C13H16ClNO4. The number of aromatic carboxylic acids is 1. The lowest BCUT2D eigenvalue weighted by molar-refractivity contribution is -0.156. The van der Waals surface area contributed by atoms with Gasteiger partial charge in [0.1, 0.15) is 11.6 Å². The van der Waals surface area contributed by atoms with Crippen LogP contribution in [-0.2, 0) is 9.53 Å². The molecule has 0 amide bonds. The van der Waals surface area contributed by atoms with E-state index in [4.69, 9.17) is 27.2 Å². The van der Waals surface area contributed by atoms with Crippen LogP contribution in [-0.4, -0.2) is 22.6 Å². The van der Waals surface area contributed by atoms with E-state index < -0.39 is 23.6 Å². The van der Waals surface area contributed by atoms with Crippen LogP contribution in [0.25, 0.3) is 0 Å². The minimum atomic E-state index is -1.19. The summed E-state index contributed by atoms with van der Waals surface area (Å²) in [5, 5.41) is 9.37. The van der Waals surface area contributed by atoms with E-state index in [0.717, 1.165) is 0 Å². The molecule has 0 spiro atoms. The van der Waals surface area contributed by atoms with Gasteiger partial charge in [0.2, 0.25) is 0 Å². The average Bonchev–Trinajstić information content (AvgIpc) is 2.25. The van der Waals surface area contributed by atoms with E-state index in [1.54, 1.807) is 20.8 Å². The van der Waals surface area contributed by atoms with Gasteiger partial charge in [0.25, 0.3) is 0 Å². The van der Waals surface area contributed by atoms with Crippen molar-refractivity contribution in [3.63, 3.8) is 0 Å². The van der Waals surface area contributed by atoms with Gasteiger partial charge >= 0.3 is 11.9 Å². The van der Waals surface area contributed by atoms with E-state index in [9.17, 15) is 9.59 Å². The van der Waals surface area contributed by atoms with Crippen LogP contribution in [0.2, 0.25) is 5.02 Å². The number of carbonyl (C=O) groups is 2. The maximum atomic E-state index is 11.9. The predicted octanol–water partition coefficient (Wildman–Crippen LogP) is 2.38. The Hall–Kier alpha value is -1.59. The van der Waals surface area contributed by atoms with Crippen LogP contribution in [0.1, 0.15) is 42.7 Å². The standard InChI is InChI=1S/C13H16ClNO4/c1-13(2,3)19-12(18)10(15)9-6-7(14)4-5-8(9)11(16)17/h4-6,10H,15H2,1-3H3,(H,16,17). The number of benzene rings is 1. The van der Waals surface area contributed by atoms with E-state index in [1.165, 1.54) is 18.2 Å². The first-order valence-corrected chi connectivity index (χ1v) is 6.01. The number of hydrogen-bond donors (Lipinski definition) is 2. The van der Waals surface area contributed by atoms with Gasteiger partial charge in [-0.2, -0.15) is 0 Å². The second-order valence-electron chi connectivity index (χ2n) is 5.05. The Kier molecular flexibility index (Phi) is 4.55. The van der Waals surface area contributed by atoms with Gasteiger partial charge in [0, 0.05) is 5.02 Å². The molecule has 0 aliphatic heterocycles. The highest BCUT2D eigenvalue weighted by Gasteiger charge is 2.27. The SMILES string of the molecule is CC(C)(C)OC(=O)C(N)c1cc(Cl)ccc1C(=O)O. The third-order valence-corrected chi connectivity index (χ3v) is 2.47. The lowest BCUT2D eigenvalue weighted by Gasteiger charge is -2.23. The summed E-state index contributed by atoms with van der Waals surface area (Å²) in [6.45, 7) is 5.11. The van der Waals surface area contributed by atoms with Gasteiger partial charge in [-0.05, 0) is 44.5 Å². The molecule has 0 aliphatic rings. The summed E-state index contributed by atoms with van der Waals surface area (Å²) in [5.74, 6) is -1.87. The Morgan fingerprint density at radius 3 is 2.42 bits per heavy atom. The molecule has 1 aromatic rings. The molecular weight excluding hydrogens is 270 g/mol. The van der Waals surface area contributed by atoms with Crippen LogP contribution in [0, 0.1) is 0 Å². The molecule has 1 atom stereocenters. The number of carboxylic acids is 1. The number of carbonyl (C=O) groups excluding carboxylic acids is 1. The Bertz CT molecular complexity index is 508. The molecule has 0 heterocycles. The zero-order chi connectivity index (χ0) is 14.8. The Balaban J connectivity index is 3.11. The van der Waals surface area contributed by atoms with E-state index in [2.05, 4.69) is 0 Å². The third kappa shape index (κ3) is 4.22. The van der Waals surface area contributed by atoms with Crippen molar-refractivity contribution in [3.8, 4) is 0 Å². The fraction of sp³-hybridized carbons (Fsp3) is 0.385. The van der Waals surface area contributed by atoms with Gasteiger partial charge in [0.15, 0.2) is 0 Å². The summed E-state index contributed by atoms with van der Waals surface area (Å²) < 4.78 is 5.13. The topological polar surface area (TPSA) is 89.6 Å². The van der Waals surface area contributed by atoms with Crippen LogP contribution < -0.4 is 5.73 Å². The molecule has 0 bridgehead atoms. The molecule has 0 aromatic heterocycles. The van der Waals surface area contributed by atoms with Crippen molar-refractivity contribution in [2.45, 2.75) is 32.4 Å². The van der Waals surface area contributed by atoms with Crippen LogP contribution in [0.15, 0.2) is 18.2 Å². The Morgan fingerprint density at radius 2 is 1.95 bits per heavy atom. The second-order valence-corrected chi connectivity index (χ2v) is 5.48. The highest BCUT2D eigenvalue weighted by atomic mass is 35.5. The van der Waals surface area contributed by atoms with E-state index in [0.29, 0.717) is 5.02 Å². The highest BCUT2D eigenvalue weighted by Crippen LogP contribution is 2.23.